The highest BCUT2D eigenvalue weighted by Crippen LogP contribution is 2.25. The Hall–Kier alpha value is -1.64. The largest absolute Gasteiger partial charge is 0.411 e. The standard InChI is InChI=1S/C13H18N2O/c1-8-6-9(2)13(10(3)7-8)14-11(4)12(5)15-16/h6-7,16H,1-5H3/b14-11?,15-12+. The molecule has 1 aromatic carbocycles. The van der Waals surface area contributed by atoms with Gasteiger partial charge in [-0.15, -0.1) is 0 Å². The molecule has 0 unspecified atom stereocenters. The minimum atomic E-state index is 0.541. The smallest absolute Gasteiger partial charge is 0.0976 e. The fourth-order valence-electron chi connectivity index (χ4n) is 1.67. The molecule has 16 heavy (non-hydrogen) atoms. The molecule has 1 rings (SSSR count). The lowest BCUT2D eigenvalue weighted by atomic mass is 10.1. The molecule has 1 aromatic rings. The second-order valence-corrected chi connectivity index (χ2v) is 4.13. The Morgan fingerprint density at radius 3 is 1.94 bits per heavy atom. The summed E-state index contributed by atoms with van der Waals surface area (Å²) in [5.74, 6) is 0. The number of aryl methyl sites for hydroxylation is 3. The van der Waals surface area contributed by atoms with E-state index in [0.29, 0.717) is 5.71 Å². The number of nitrogens with zero attached hydrogens (tertiary/aromatic N) is 2. The van der Waals surface area contributed by atoms with Gasteiger partial charge in [-0.2, -0.15) is 0 Å². The molecule has 0 aliphatic heterocycles. The van der Waals surface area contributed by atoms with Crippen LogP contribution in [0.4, 0.5) is 5.69 Å². The van der Waals surface area contributed by atoms with Gasteiger partial charge in [0.2, 0.25) is 0 Å². The zero-order valence-electron chi connectivity index (χ0n) is 10.5. The van der Waals surface area contributed by atoms with Gasteiger partial charge in [0, 0.05) is 0 Å². The third-order valence-electron chi connectivity index (χ3n) is 2.59. The predicted octanol–water partition coefficient (Wildman–Crippen LogP) is 3.55. The molecule has 3 nitrogen and oxygen atoms in total. The van der Waals surface area contributed by atoms with E-state index in [0.717, 1.165) is 22.5 Å². The van der Waals surface area contributed by atoms with Gasteiger partial charge < -0.3 is 5.21 Å². The maximum absolute atomic E-state index is 8.67. The van der Waals surface area contributed by atoms with Crippen molar-refractivity contribution < 1.29 is 5.21 Å². The predicted molar refractivity (Wildman–Crippen MR) is 68.3 cm³/mol. The van der Waals surface area contributed by atoms with Crippen molar-refractivity contribution in [3.63, 3.8) is 0 Å². The first-order valence-electron chi connectivity index (χ1n) is 5.28. The van der Waals surface area contributed by atoms with Crippen molar-refractivity contribution in [3.8, 4) is 0 Å². The van der Waals surface area contributed by atoms with E-state index in [9.17, 15) is 0 Å². The van der Waals surface area contributed by atoms with Crippen LogP contribution in [0.1, 0.15) is 30.5 Å². The van der Waals surface area contributed by atoms with Crippen LogP contribution in [0.25, 0.3) is 0 Å². The SMILES string of the molecule is CC(=Nc1c(C)cc(C)cc1C)/C(C)=N/O. The second kappa shape index (κ2) is 4.92. The average Bonchev–Trinajstić information content (AvgIpc) is 2.21. The lowest BCUT2D eigenvalue weighted by molar-refractivity contribution is 0.320. The van der Waals surface area contributed by atoms with Crippen LogP contribution in [0, 0.1) is 20.8 Å². The summed E-state index contributed by atoms with van der Waals surface area (Å²) in [5.41, 5.74) is 5.76. The Bertz CT molecular complexity index is 436. The van der Waals surface area contributed by atoms with Crippen LogP contribution in [0.15, 0.2) is 22.3 Å². The highest BCUT2D eigenvalue weighted by atomic mass is 16.4. The molecular formula is C13H18N2O. The van der Waals surface area contributed by atoms with Crippen LogP contribution in [-0.4, -0.2) is 16.6 Å². The van der Waals surface area contributed by atoms with E-state index in [1.807, 2.05) is 20.8 Å². The normalized spacial score (nSPS) is 13.1. The van der Waals surface area contributed by atoms with Gasteiger partial charge in [-0.05, 0) is 45.7 Å². The van der Waals surface area contributed by atoms with Crippen LogP contribution >= 0.6 is 0 Å². The van der Waals surface area contributed by atoms with Crippen molar-refractivity contribution in [1.29, 1.82) is 0 Å². The number of hydrogen-bond acceptors (Lipinski definition) is 3. The van der Waals surface area contributed by atoms with Crippen molar-refractivity contribution >= 4 is 17.1 Å². The van der Waals surface area contributed by atoms with E-state index in [1.54, 1.807) is 6.92 Å². The van der Waals surface area contributed by atoms with E-state index in [4.69, 9.17) is 5.21 Å². The third-order valence-corrected chi connectivity index (χ3v) is 2.59. The fourth-order valence-corrected chi connectivity index (χ4v) is 1.67. The van der Waals surface area contributed by atoms with Gasteiger partial charge in [0.1, 0.15) is 0 Å². The van der Waals surface area contributed by atoms with Crippen molar-refractivity contribution in [2.75, 3.05) is 0 Å². The van der Waals surface area contributed by atoms with Gasteiger partial charge in [0.15, 0.2) is 0 Å². The van der Waals surface area contributed by atoms with Crippen molar-refractivity contribution in [1.82, 2.24) is 0 Å². The molecule has 0 spiro atoms. The molecule has 3 heteroatoms. The molecule has 0 aliphatic carbocycles. The number of aliphatic imine (C=N–C) groups is 1. The third kappa shape index (κ3) is 2.69. The van der Waals surface area contributed by atoms with Gasteiger partial charge >= 0.3 is 0 Å². The van der Waals surface area contributed by atoms with E-state index in [1.165, 1.54) is 5.56 Å². The van der Waals surface area contributed by atoms with Crippen LogP contribution in [0.3, 0.4) is 0 Å². The topological polar surface area (TPSA) is 45.0 Å². The zero-order valence-corrected chi connectivity index (χ0v) is 10.5. The molecule has 86 valence electrons. The number of benzene rings is 1. The summed E-state index contributed by atoms with van der Waals surface area (Å²) in [4.78, 5) is 4.50. The minimum absolute atomic E-state index is 0.541. The molecule has 0 fully saturated rings. The van der Waals surface area contributed by atoms with E-state index in [2.05, 4.69) is 29.2 Å². The second-order valence-electron chi connectivity index (χ2n) is 4.13. The summed E-state index contributed by atoms with van der Waals surface area (Å²) in [6, 6.07) is 4.20. The van der Waals surface area contributed by atoms with E-state index >= 15 is 0 Å². The van der Waals surface area contributed by atoms with Crippen molar-refractivity contribution in [3.05, 3.63) is 28.8 Å². The summed E-state index contributed by atoms with van der Waals surface area (Å²) in [6.45, 7) is 9.72. The highest BCUT2D eigenvalue weighted by Gasteiger charge is 2.04. The Labute approximate surface area is 96.5 Å². The number of oxime groups is 1. The first kappa shape index (κ1) is 12.4. The maximum Gasteiger partial charge on any atom is 0.0976 e. The molecule has 0 atom stereocenters. The molecule has 0 saturated carbocycles. The monoisotopic (exact) mass is 218 g/mol. The molecule has 1 N–H and O–H groups in total. The Morgan fingerprint density at radius 1 is 1.00 bits per heavy atom. The summed E-state index contributed by atoms with van der Waals surface area (Å²) in [7, 11) is 0. The van der Waals surface area contributed by atoms with E-state index < -0.39 is 0 Å². The lowest BCUT2D eigenvalue weighted by Gasteiger charge is -2.07. The minimum Gasteiger partial charge on any atom is -0.411 e. The molecule has 0 bridgehead atoms. The highest BCUT2D eigenvalue weighted by molar-refractivity contribution is 6.40. The summed E-state index contributed by atoms with van der Waals surface area (Å²) in [6.07, 6.45) is 0. The van der Waals surface area contributed by atoms with Gasteiger partial charge in [-0.3, -0.25) is 4.99 Å². The summed E-state index contributed by atoms with van der Waals surface area (Å²) >= 11 is 0. The van der Waals surface area contributed by atoms with Crippen molar-refractivity contribution in [2.45, 2.75) is 34.6 Å². The zero-order chi connectivity index (χ0) is 12.3. The summed E-state index contributed by atoms with van der Waals surface area (Å²) in [5, 5.41) is 11.8. The van der Waals surface area contributed by atoms with Gasteiger partial charge in [0.25, 0.3) is 0 Å². The quantitative estimate of drug-likeness (QED) is 0.460. The van der Waals surface area contributed by atoms with Crippen molar-refractivity contribution in [2.24, 2.45) is 10.1 Å². The lowest BCUT2D eigenvalue weighted by Crippen LogP contribution is -2.05. The average molecular weight is 218 g/mol. The first-order chi connectivity index (χ1) is 7.45. The Kier molecular flexibility index (Phi) is 3.82. The fraction of sp³-hybridized carbons (Fsp3) is 0.385. The van der Waals surface area contributed by atoms with Crippen LogP contribution in [-0.2, 0) is 0 Å². The first-order valence-corrected chi connectivity index (χ1v) is 5.28. The molecular weight excluding hydrogens is 200 g/mol. The van der Waals surface area contributed by atoms with Crippen LogP contribution in [0.2, 0.25) is 0 Å². The molecule has 0 heterocycles. The van der Waals surface area contributed by atoms with Crippen LogP contribution < -0.4 is 0 Å². The van der Waals surface area contributed by atoms with Gasteiger partial charge in [-0.1, -0.05) is 22.9 Å². The molecule has 0 saturated heterocycles. The number of rotatable bonds is 2. The molecule has 0 aromatic heterocycles. The van der Waals surface area contributed by atoms with Crippen LogP contribution in [0.5, 0.6) is 0 Å². The molecule has 0 aliphatic rings. The van der Waals surface area contributed by atoms with Gasteiger partial charge in [0.05, 0.1) is 17.1 Å². The molecule has 0 radical (unpaired) electrons. The van der Waals surface area contributed by atoms with Gasteiger partial charge in [-0.25, -0.2) is 0 Å². The Balaban J connectivity index is 3.25. The Morgan fingerprint density at radius 2 is 1.50 bits per heavy atom. The summed E-state index contributed by atoms with van der Waals surface area (Å²) < 4.78 is 0. The maximum atomic E-state index is 8.67. The molecule has 0 amide bonds. The number of hydrogen-bond donors (Lipinski definition) is 1. The van der Waals surface area contributed by atoms with E-state index in [-0.39, 0.29) is 0 Å².